The summed E-state index contributed by atoms with van der Waals surface area (Å²) >= 11 is 0. The van der Waals surface area contributed by atoms with Gasteiger partial charge in [-0.3, -0.25) is 9.20 Å². The fourth-order valence-electron chi connectivity index (χ4n) is 3.62. The van der Waals surface area contributed by atoms with Crippen LogP contribution in [0, 0.1) is 19.8 Å². The number of hydrogen-bond donors (Lipinski definition) is 2. The van der Waals surface area contributed by atoms with E-state index in [-0.39, 0.29) is 11.7 Å². The highest BCUT2D eigenvalue weighted by Gasteiger charge is 2.18. The van der Waals surface area contributed by atoms with E-state index in [0.29, 0.717) is 24.4 Å². The molecule has 0 aliphatic rings. The molecule has 0 radical (unpaired) electrons. The Kier molecular flexibility index (Phi) is 6.87. The molecule has 2 aromatic heterocycles. The third kappa shape index (κ3) is 4.38. The van der Waals surface area contributed by atoms with E-state index in [9.17, 15) is 9.90 Å². The number of anilines is 1. The van der Waals surface area contributed by atoms with Gasteiger partial charge in [-0.15, -0.1) is 10.2 Å². The first-order valence-electron chi connectivity index (χ1n) is 10.5. The number of aliphatic hydroxyl groups is 1. The number of nitrogens with one attached hydrogen (secondary N) is 1. The van der Waals surface area contributed by atoms with Gasteiger partial charge in [0.15, 0.2) is 11.6 Å². The molecule has 1 atom stereocenters. The molecule has 0 aliphatic carbocycles. The van der Waals surface area contributed by atoms with Crippen LogP contribution in [0.25, 0.3) is 16.7 Å². The number of methoxy groups -OCH3 is 1. The molecule has 8 heteroatoms. The molecule has 2 heterocycles. The van der Waals surface area contributed by atoms with E-state index < -0.39 is 6.10 Å². The molecule has 0 unspecified atom stereocenters. The summed E-state index contributed by atoms with van der Waals surface area (Å²) in [6.45, 7) is 8.32. The van der Waals surface area contributed by atoms with Crippen LogP contribution in [0.2, 0.25) is 0 Å². The molecule has 2 N–H and O–H groups in total. The molecule has 0 saturated heterocycles. The number of ether oxygens (including phenoxy) is 1. The van der Waals surface area contributed by atoms with E-state index in [1.165, 1.54) is 0 Å². The van der Waals surface area contributed by atoms with Crippen LogP contribution in [-0.4, -0.2) is 50.2 Å². The predicted molar refractivity (Wildman–Crippen MR) is 117 cm³/mol. The molecular formula is C22H31N5O3. The number of aromatic nitrogens is 4. The molecule has 0 aliphatic heterocycles. The number of carbonyl (C=O) groups is 1. The van der Waals surface area contributed by atoms with Crippen molar-refractivity contribution in [2.24, 2.45) is 5.92 Å². The maximum atomic E-state index is 11.9. The highest BCUT2D eigenvalue weighted by Crippen LogP contribution is 2.31. The first kappa shape index (κ1) is 22.0. The molecule has 0 saturated carbocycles. The number of aryl methyl sites for hydroxylation is 2. The van der Waals surface area contributed by atoms with Crippen molar-refractivity contribution < 1.29 is 14.6 Å². The SMILES string of the molecule is COc1c(C)ccc2c1nc(NCCCCCC(=O)[C@@H](O)C(C)C)c1nnc(C)n12. The highest BCUT2D eigenvalue weighted by atomic mass is 16.5. The van der Waals surface area contributed by atoms with E-state index >= 15 is 0 Å². The van der Waals surface area contributed by atoms with E-state index in [2.05, 4.69) is 15.5 Å². The predicted octanol–water partition coefficient (Wildman–Crippen LogP) is 3.46. The van der Waals surface area contributed by atoms with Crippen LogP contribution < -0.4 is 10.1 Å². The zero-order valence-electron chi connectivity index (χ0n) is 18.4. The van der Waals surface area contributed by atoms with Crippen LogP contribution in [0.3, 0.4) is 0 Å². The minimum absolute atomic E-state index is 0.0345. The van der Waals surface area contributed by atoms with Crippen molar-refractivity contribution in [2.45, 2.75) is 59.5 Å². The van der Waals surface area contributed by atoms with Crippen molar-refractivity contribution in [1.82, 2.24) is 19.6 Å². The topological polar surface area (TPSA) is 102 Å². The Morgan fingerprint density at radius 2 is 1.97 bits per heavy atom. The molecule has 8 nitrogen and oxygen atoms in total. The average Bonchev–Trinajstić information content (AvgIpc) is 3.11. The van der Waals surface area contributed by atoms with Crippen molar-refractivity contribution >= 4 is 28.3 Å². The largest absolute Gasteiger partial charge is 0.494 e. The van der Waals surface area contributed by atoms with Crippen molar-refractivity contribution in [2.75, 3.05) is 19.0 Å². The Hall–Kier alpha value is -2.74. The Morgan fingerprint density at radius 1 is 1.20 bits per heavy atom. The van der Waals surface area contributed by atoms with E-state index in [1.54, 1.807) is 7.11 Å². The van der Waals surface area contributed by atoms with Crippen LogP contribution >= 0.6 is 0 Å². The maximum absolute atomic E-state index is 11.9. The molecule has 0 fully saturated rings. The summed E-state index contributed by atoms with van der Waals surface area (Å²) in [7, 11) is 1.65. The molecule has 0 bridgehead atoms. The first-order chi connectivity index (χ1) is 14.3. The van der Waals surface area contributed by atoms with Gasteiger partial charge in [-0.05, 0) is 44.2 Å². The summed E-state index contributed by atoms with van der Waals surface area (Å²) in [5.41, 5.74) is 3.37. The van der Waals surface area contributed by atoms with Gasteiger partial charge in [-0.25, -0.2) is 4.98 Å². The molecule has 3 rings (SSSR count). The average molecular weight is 414 g/mol. The van der Waals surface area contributed by atoms with E-state index in [0.717, 1.165) is 47.4 Å². The Bertz CT molecular complexity index is 1040. The van der Waals surface area contributed by atoms with Gasteiger partial charge in [0, 0.05) is 13.0 Å². The van der Waals surface area contributed by atoms with Crippen molar-refractivity contribution in [1.29, 1.82) is 0 Å². The standard InChI is InChI=1S/C22H31N5O3/c1-13(2)19(29)17(28)9-7-6-8-12-23-21-22-26-25-15(4)27(22)16-11-10-14(3)20(30-5)18(16)24-21/h10-11,13,19,29H,6-9,12H2,1-5H3,(H,23,24)/t19-/m0/s1. The number of hydrogen-bond acceptors (Lipinski definition) is 7. The van der Waals surface area contributed by atoms with Crippen LogP contribution in [0.5, 0.6) is 5.75 Å². The number of ketones is 1. The number of benzene rings is 1. The van der Waals surface area contributed by atoms with Crippen molar-refractivity contribution in [3.63, 3.8) is 0 Å². The van der Waals surface area contributed by atoms with Crippen LogP contribution in [0.1, 0.15) is 50.9 Å². The summed E-state index contributed by atoms with van der Waals surface area (Å²) in [6, 6.07) is 4.02. The minimum atomic E-state index is -0.854. The van der Waals surface area contributed by atoms with Gasteiger partial charge in [0.05, 0.1) is 12.6 Å². The number of nitrogens with zero attached hydrogens (tertiary/aromatic N) is 4. The number of aliphatic hydroxyl groups excluding tert-OH is 1. The molecule has 3 aromatic rings. The van der Waals surface area contributed by atoms with Gasteiger partial charge in [-0.1, -0.05) is 26.3 Å². The molecular weight excluding hydrogens is 382 g/mol. The number of rotatable bonds is 10. The molecule has 1 aromatic carbocycles. The summed E-state index contributed by atoms with van der Waals surface area (Å²) in [5, 5.41) is 21.7. The lowest BCUT2D eigenvalue weighted by Gasteiger charge is -2.14. The lowest BCUT2D eigenvalue weighted by atomic mass is 9.99. The smallest absolute Gasteiger partial charge is 0.204 e. The first-order valence-corrected chi connectivity index (χ1v) is 10.5. The summed E-state index contributed by atoms with van der Waals surface area (Å²) < 4.78 is 7.58. The lowest BCUT2D eigenvalue weighted by Crippen LogP contribution is -2.25. The summed E-state index contributed by atoms with van der Waals surface area (Å²) in [5.74, 6) is 2.09. The van der Waals surface area contributed by atoms with Gasteiger partial charge in [0.2, 0.25) is 5.65 Å². The summed E-state index contributed by atoms with van der Waals surface area (Å²) in [6.07, 6.45) is 2.10. The maximum Gasteiger partial charge on any atom is 0.204 e. The Labute approximate surface area is 176 Å². The number of unbranched alkanes of at least 4 members (excludes halogenated alkanes) is 2. The van der Waals surface area contributed by atoms with Gasteiger partial charge < -0.3 is 15.2 Å². The summed E-state index contributed by atoms with van der Waals surface area (Å²) in [4.78, 5) is 16.7. The van der Waals surface area contributed by atoms with Crippen molar-refractivity contribution in [3.05, 3.63) is 23.5 Å². The number of fused-ring (bicyclic) bond motifs is 3. The second-order valence-electron chi connectivity index (χ2n) is 8.04. The van der Waals surface area contributed by atoms with Gasteiger partial charge in [-0.2, -0.15) is 0 Å². The Morgan fingerprint density at radius 3 is 2.67 bits per heavy atom. The highest BCUT2D eigenvalue weighted by molar-refractivity contribution is 5.88. The van der Waals surface area contributed by atoms with Crippen LogP contribution in [-0.2, 0) is 4.79 Å². The second kappa shape index (κ2) is 9.38. The number of Topliss-reactive ketones (excluding diaryl/α,β-unsaturated/α-hetero) is 1. The van der Waals surface area contributed by atoms with Crippen LogP contribution in [0.15, 0.2) is 12.1 Å². The molecule has 0 spiro atoms. The minimum Gasteiger partial charge on any atom is -0.494 e. The zero-order chi connectivity index (χ0) is 21.8. The third-order valence-electron chi connectivity index (χ3n) is 5.37. The fourth-order valence-corrected chi connectivity index (χ4v) is 3.62. The van der Waals surface area contributed by atoms with Crippen molar-refractivity contribution in [3.8, 4) is 5.75 Å². The Balaban J connectivity index is 1.69. The second-order valence-corrected chi connectivity index (χ2v) is 8.04. The van der Waals surface area contributed by atoms with Gasteiger partial charge >= 0.3 is 0 Å². The molecule has 30 heavy (non-hydrogen) atoms. The van der Waals surface area contributed by atoms with E-state index in [1.807, 2.05) is 44.2 Å². The lowest BCUT2D eigenvalue weighted by molar-refractivity contribution is -0.129. The van der Waals surface area contributed by atoms with Crippen LogP contribution in [0.4, 0.5) is 5.82 Å². The fraction of sp³-hybridized carbons (Fsp3) is 0.545. The monoisotopic (exact) mass is 413 g/mol. The van der Waals surface area contributed by atoms with Gasteiger partial charge in [0.1, 0.15) is 23.2 Å². The van der Waals surface area contributed by atoms with Gasteiger partial charge in [0.25, 0.3) is 0 Å². The normalized spacial score (nSPS) is 12.6. The number of carbonyl (C=O) groups excluding carboxylic acids is 1. The zero-order valence-corrected chi connectivity index (χ0v) is 18.4. The quantitative estimate of drug-likeness (QED) is 0.491. The van der Waals surface area contributed by atoms with E-state index in [4.69, 9.17) is 9.72 Å². The molecule has 162 valence electrons. The molecule has 0 amide bonds. The third-order valence-corrected chi connectivity index (χ3v) is 5.37.